The number of benzene rings is 1. The first kappa shape index (κ1) is 11.5. The van der Waals surface area contributed by atoms with E-state index in [1.807, 2.05) is 18.2 Å². The van der Waals surface area contributed by atoms with Crippen LogP contribution in [0.1, 0.15) is 30.9 Å². The number of hydrogen-bond acceptors (Lipinski definition) is 1. The fourth-order valence-electron chi connectivity index (χ4n) is 1.39. The SMILES string of the molecule is C=CCCCC(N)c1cccc(Br)c1. The van der Waals surface area contributed by atoms with Gasteiger partial charge in [0.15, 0.2) is 0 Å². The van der Waals surface area contributed by atoms with Crippen molar-refractivity contribution in [1.82, 2.24) is 0 Å². The van der Waals surface area contributed by atoms with Gasteiger partial charge in [-0.05, 0) is 37.0 Å². The summed E-state index contributed by atoms with van der Waals surface area (Å²) in [5, 5.41) is 0. The Morgan fingerprint density at radius 1 is 1.50 bits per heavy atom. The van der Waals surface area contributed by atoms with E-state index in [9.17, 15) is 0 Å². The lowest BCUT2D eigenvalue weighted by Gasteiger charge is -2.11. The molecule has 0 aliphatic rings. The molecule has 0 amide bonds. The molecule has 2 heteroatoms. The van der Waals surface area contributed by atoms with Crippen LogP contribution in [-0.4, -0.2) is 0 Å². The molecule has 0 heterocycles. The van der Waals surface area contributed by atoms with Gasteiger partial charge < -0.3 is 5.73 Å². The van der Waals surface area contributed by atoms with Crippen molar-refractivity contribution in [3.05, 3.63) is 47.0 Å². The highest BCUT2D eigenvalue weighted by Gasteiger charge is 2.04. The Balaban J connectivity index is 2.51. The topological polar surface area (TPSA) is 26.0 Å². The zero-order valence-corrected chi connectivity index (χ0v) is 9.83. The van der Waals surface area contributed by atoms with E-state index in [1.165, 1.54) is 5.56 Å². The lowest BCUT2D eigenvalue weighted by atomic mass is 10.0. The van der Waals surface area contributed by atoms with E-state index in [1.54, 1.807) is 0 Å². The number of allylic oxidation sites excluding steroid dienone is 1. The summed E-state index contributed by atoms with van der Waals surface area (Å²) in [6.07, 6.45) is 5.11. The Morgan fingerprint density at radius 2 is 2.29 bits per heavy atom. The summed E-state index contributed by atoms with van der Waals surface area (Å²) >= 11 is 3.44. The van der Waals surface area contributed by atoms with Crippen LogP contribution in [0.15, 0.2) is 41.4 Å². The summed E-state index contributed by atoms with van der Waals surface area (Å²) < 4.78 is 1.09. The molecule has 1 aromatic rings. The zero-order chi connectivity index (χ0) is 10.4. The highest BCUT2D eigenvalue weighted by Crippen LogP contribution is 2.20. The molecule has 0 bridgehead atoms. The van der Waals surface area contributed by atoms with Crippen LogP contribution in [0.3, 0.4) is 0 Å². The third kappa shape index (κ3) is 3.64. The van der Waals surface area contributed by atoms with Gasteiger partial charge in [-0.15, -0.1) is 6.58 Å². The molecule has 0 aliphatic heterocycles. The van der Waals surface area contributed by atoms with Crippen molar-refractivity contribution in [2.24, 2.45) is 5.73 Å². The predicted molar refractivity (Wildman–Crippen MR) is 65.1 cm³/mol. The maximum Gasteiger partial charge on any atom is 0.0295 e. The van der Waals surface area contributed by atoms with Crippen LogP contribution < -0.4 is 5.73 Å². The first-order chi connectivity index (χ1) is 6.74. The van der Waals surface area contributed by atoms with Crippen LogP contribution in [0.5, 0.6) is 0 Å². The van der Waals surface area contributed by atoms with Gasteiger partial charge in [-0.2, -0.15) is 0 Å². The third-order valence-electron chi connectivity index (χ3n) is 2.20. The van der Waals surface area contributed by atoms with Gasteiger partial charge in [0.25, 0.3) is 0 Å². The molecule has 1 rings (SSSR count). The minimum Gasteiger partial charge on any atom is -0.324 e. The Kier molecular flexibility index (Phi) is 4.91. The van der Waals surface area contributed by atoms with Gasteiger partial charge in [0.05, 0.1) is 0 Å². The first-order valence-electron chi connectivity index (χ1n) is 4.86. The Labute approximate surface area is 94.1 Å². The second kappa shape index (κ2) is 5.99. The summed E-state index contributed by atoms with van der Waals surface area (Å²) in [5.41, 5.74) is 7.25. The van der Waals surface area contributed by atoms with E-state index in [4.69, 9.17) is 5.73 Å². The first-order valence-corrected chi connectivity index (χ1v) is 5.65. The molecule has 1 aromatic carbocycles. The molecule has 0 saturated heterocycles. The Bertz CT molecular complexity index is 296. The largest absolute Gasteiger partial charge is 0.324 e. The molecule has 1 unspecified atom stereocenters. The van der Waals surface area contributed by atoms with E-state index in [0.717, 1.165) is 23.7 Å². The molecule has 0 spiro atoms. The molecule has 0 radical (unpaired) electrons. The smallest absolute Gasteiger partial charge is 0.0295 e. The lowest BCUT2D eigenvalue weighted by molar-refractivity contribution is 0.617. The average molecular weight is 254 g/mol. The molecule has 0 aromatic heterocycles. The third-order valence-corrected chi connectivity index (χ3v) is 2.69. The van der Waals surface area contributed by atoms with Crippen LogP contribution in [0.25, 0.3) is 0 Å². The van der Waals surface area contributed by atoms with Gasteiger partial charge in [0, 0.05) is 10.5 Å². The van der Waals surface area contributed by atoms with Gasteiger partial charge in [-0.1, -0.05) is 34.1 Å². The number of nitrogens with two attached hydrogens (primary N) is 1. The molecule has 0 fully saturated rings. The van der Waals surface area contributed by atoms with E-state index < -0.39 is 0 Å². The van der Waals surface area contributed by atoms with Gasteiger partial charge >= 0.3 is 0 Å². The summed E-state index contributed by atoms with van der Waals surface area (Å²) in [7, 11) is 0. The summed E-state index contributed by atoms with van der Waals surface area (Å²) in [5.74, 6) is 0. The van der Waals surface area contributed by atoms with E-state index in [2.05, 4.69) is 34.6 Å². The van der Waals surface area contributed by atoms with E-state index in [0.29, 0.717) is 0 Å². The minimum atomic E-state index is 0.146. The molecule has 0 saturated carbocycles. The summed E-state index contributed by atoms with van der Waals surface area (Å²) in [6.45, 7) is 3.70. The van der Waals surface area contributed by atoms with Crippen molar-refractivity contribution < 1.29 is 0 Å². The fraction of sp³-hybridized carbons (Fsp3) is 0.333. The second-order valence-electron chi connectivity index (χ2n) is 3.38. The van der Waals surface area contributed by atoms with Crippen molar-refractivity contribution >= 4 is 15.9 Å². The predicted octanol–water partition coefficient (Wildman–Crippen LogP) is 3.81. The van der Waals surface area contributed by atoms with Crippen molar-refractivity contribution in [3.8, 4) is 0 Å². The molecular weight excluding hydrogens is 238 g/mol. The average Bonchev–Trinajstić information content (AvgIpc) is 2.18. The lowest BCUT2D eigenvalue weighted by Crippen LogP contribution is -2.09. The summed E-state index contributed by atoms with van der Waals surface area (Å²) in [4.78, 5) is 0. The van der Waals surface area contributed by atoms with Crippen molar-refractivity contribution in [3.63, 3.8) is 0 Å². The molecule has 2 N–H and O–H groups in total. The van der Waals surface area contributed by atoms with Crippen LogP contribution in [0, 0.1) is 0 Å². The molecule has 1 nitrogen and oxygen atoms in total. The van der Waals surface area contributed by atoms with Crippen LogP contribution >= 0.6 is 15.9 Å². The maximum atomic E-state index is 6.05. The highest BCUT2D eigenvalue weighted by atomic mass is 79.9. The number of rotatable bonds is 5. The van der Waals surface area contributed by atoms with Crippen molar-refractivity contribution in [1.29, 1.82) is 0 Å². The minimum absolute atomic E-state index is 0.146. The quantitative estimate of drug-likeness (QED) is 0.627. The van der Waals surface area contributed by atoms with Crippen LogP contribution in [0.4, 0.5) is 0 Å². The second-order valence-corrected chi connectivity index (χ2v) is 4.30. The van der Waals surface area contributed by atoms with Crippen molar-refractivity contribution in [2.75, 3.05) is 0 Å². The molecular formula is C12H16BrN. The normalized spacial score (nSPS) is 12.4. The van der Waals surface area contributed by atoms with Gasteiger partial charge in [0.1, 0.15) is 0 Å². The summed E-state index contributed by atoms with van der Waals surface area (Å²) in [6, 6.07) is 8.33. The van der Waals surface area contributed by atoms with Gasteiger partial charge in [0.2, 0.25) is 0 Å². The van der Waals surface area contributed by atoms with Crippen LogP contribution in [-0.2, 0) is 0 Å². The Morgan fingerprint density at radius 3 is 2.93 bits per heavy atom. The number of unbranched alkanes of at least 4 members (excludes halogenated alkanes) is 1. The van der Waals surface area contributed by atoms with E-state index in [-0.39, 0.29) is 6.04 Å². The van der Waals surface area contributed by atoms with Gasteiger partial charge in [-0.3, -0.25) is 0 Å². The number of halogens is 1. The zero-order valence-electron chi connectivity index (χ0n) is 8.25. The van der Waals surface area contributed by atoms with Gasteiger partial charge in [-0.25, -0.2) is 0 Å². The fourth-order valence-corrected chi connectivity index (χ4v) is 1.80. The molecule has 0 aliphatic carbocycles. The monoisotopic (exact) mass is 253 g/mol. The van der Waals surface area contributed by atoms with Crippen molar-refractivity contribution in [2.45, 2.75) is 25.3 Å². The highest BCUT2D eigenvalue weighted by molar-refractivity contribution is 9.10. The maximum absolute atomic E-state index is 6.05. The standard InChI is InChI=1S/C12H16BrN/c1-2-3-4-8-12(14)10-6-5-7-11(13)9-10/h2,5-7,9,12H,1,3-4,8,14H2. The Hall–Kier alpha value is -0.600. The number of hydrogen-bond donors (Lipinski definition) is 1. The van der Waals surface area contributed by atoms with E-state index >= 15 is 0 Å². The molecule has 76 valence electrons. The molecule has 1 atom stereocenters. The molecule has 14 heavy (non-hydrogen) atoms. The van der Waals surface area contributed by atoms with Crippen LogP contribution in [0.2, 0.25) is 0 Å².